The number of nitro benzene ring substituents is 1. The molecule has 8 heteroatoms. The van der Waals surface area contributed by atoms with Gasteiger partial charge >= 0.3 is 5.97 Å². The van der Waals surface area contributed by atoms with Gasteiger partial charge in [-0.15, -0.1) is 0 Å². The molecule has 2 aromatic rings. The zero-order valence-electron chi connectivity index (χ0n) is 18.0. The molecule has 0 aliphatic carbocycles. The summed E-state index contributed by atoms with van der Waals surface area (Å²) in [6.45, 7) is 7.47. The van der Waals surface area contributed by atoms with Crippen molar-refractivity contribution in [1.29, 1.82) is 0 Å². The lowest BCUT2D eigenvalue weighted by Gasteiger charge is -2.26. The summed E-state index contributed by atoms with van der Waals surface area (Å²) in [6.07, 6.45) is 0.654. The van der Waals surface area contributed by atoms with E-state index in [1.807, 2.05) is 0 Å². The largest absolute Gasteiger partial charge is 0.457 e. The third-order valence-electron chi connectivity index (χ3n) is 5.23. The van der Waals surface area contributed by atoms with Gasteiger partial charge in [-0.3, -0.25) is 19.7 Å². The van der Waals surface area contributed by atoms with Crippen LogP contribution in [-0.2, 0) is 9.53 Å². The fourth-order valence-corrected chi connectivity index (χ4v) is 3.71. The molecule has 3 rings (SSSR count). The highest BCUT2D eigenvalue weighted by molar-refractivity contribution is 6.30. The molecule has 0 fully saturated rings. The minimum atomic E-state index is -0.656. The minimum absolute atomic E-state index is 0.0637. The number of rotatable bonds is 3. The minimum Gasteiger partial charge on any atom is -0.457 e. The Balaban J connectivity index is 2.00. The van der Waals surface area contributed by atoms with Crippen molar-refractivity contribution in [3.8, 4) is 0 Å². The summed E-state index contributed by atoms with van der Waals surface area (Å²) in [5.41, 5.74) is 1.49. The van der Waals surface area contributed by atoms with Gasteiger partial charge in [0.2, 0.25) is 0 Å². The van der Waals surface area contributed by atoms with Crippen molar-refractivity contribution in [2.24, 2.45) is 5.41 Å². The predicted octanol–water partition coefficient (Wildman–Crippen LogP) is 5.63. The van der Waals surface area contributed by atoms with Crippen molar-refractivity contribution in [2.75, 3.05) is 11.4 Å². The molecule has 0 bridgehead atoms. The van der Waals surface area contributed by atoms with Gasteiger partial charge in [0.1, 0.15) is 6.10 Å². The standard InChI is InChI=1S/C23H25ClN2O5/c1-14-12-16(26(29)30)8-9-17(14)21(27)25-11-5-6-20(31-22(28)23(2,3)4)18-13-15(24)7-10-19(18)25/h7-10,12-13,20H,5-6,11H2,1-4H3. The number of ether oxygens (including phenoxy) is 1. The molecule has 1 aliphatic rings. The lowest BCUT2D eigenvalue weighted by atomic mass is 9.96. The number of aryl methyl sites for hydroxylation is 1. The Kier molecular flexibility index (Phi) is 6.36. The maximum Gasteiger partial charge on any atom is 0.311 e. The average Bonchev–Trinajstić information content (AvgIpc) is 2.86. The van der Waals surface area contributed by atoms with Crippen LogP contribution < -0.4 is 4.90 Å². The first-order chi connectivity index (χ1) is 14.5. The van der Waals surface area contributed by atoms with E-state index in [4.69, 9.17) is 16.3 Å². The Hall–Kier alpha value is -2.93. The number of benzene rings is 2. The van der Waals surface area contributed by atoms with Crippen LogP contribution in [0, 0.1) is 22.5 Å². The van der Waals surface area contributed by atoms with E-state index in [1.54, 1.807) is 50.8 Å². The highest BCUT2D eigenvalue weighted by Crippen LogP contribution is 2.39. The molecule has 1 heterocycles. The zero-order valence-corrected chi connectivity index (χ0v) is 18.7. The van der Waals surface area contributed by atoms with Gasteiger partial charge < -0.3 is 9.64 Å². The molecule has 0 saturated heterocycles. The summed E-state index contributed by atoms with van der Waals surface area (Å²) < 4.78 is 5.81. The molecule has 31 heavy (non-hydrogen) atoms. The molecule has 2 aromatic carbocycles. The van der Waals surface area contributed by atoms with Crippen LogP contribution in [0.5, 0.6) is 0 Å². The predicted molar refractivity (Wildman–Crippen MR) is 118 cm³/mol. The van der Waals surface area contributed by atoms with E-state index in [1.165, 1.54) is 18.2 Å². The van der Waals surface area contributed by atoms with E-state index in [9.17, 15) is 19.7 Å². The molecule has 0 spiro atoms. The number of carbonyl (C=O) groups is 2. The van der Waals surface area contributed by atoms with Gasteiger partial charge in [0.25, 0.3) is 11.6 Å². The van der Waals surface area contributed by atoms with Gasteiger partial charge in [-0.1, -0.05) is 11.6 Å². The number of amides is 1. The lowest BCUT2D eigenvalue weighted by Crippen LogP contribution is -2.32. The SMILES string of the molecule is Cc1cc([N+](=O)[O-])ccc1C(=O)N1CCCC(OC(=O)C(C)(C)C)c2cc(Cl)ccc21. The number of non-ortho nitro benzene ring substituents is 1. The molecular weight excluding hydrogens is 420 g/mol. The summed E-state index contributed by atoms with van der Waals surface area (Å²) in [5, 5.41) is 11.5. The van der Waals surface area contributed by atoms with Crippen molar-refractivity contribution in [3.63, 3.8) is 0 Å². The first kappa shape index (κ1) is 22.7. The summed E-state index contributed by atoms with van der Waals surface area (Å²) >= 11 is 6.23. The number of fused-ring (bicyclic) bond motifs is 1. The van der Waals surface area contributed by atoms with Crippen LogP contribution in [0.4, 0.5) is 11.4 Å². The van der Waals surface area contributed by atoms with Crippen LogP contribution in [0.25, 0.3) is 0 Å². The van der Waals surface area contributed by atoms with Crippen LogP contribution in [0.2, 0.25) is 5.02 Å². The van der Waals surface area contributed by atoms with E-state index in [-0.39, 0.29) is 17.6 Å². The van der Waals surface area contributed by atoms with Crippen LogP contribution in [0.3, 0.4) is 0 Å². The van der Waals surface area contributed by atoms with E-state index >= 15 is 0 Å². The first-order valence-corrected chi connectivity index (χ1v) is 10.4. The normalized spacial score (nSPS) is 16.3. The number of esters is 1. The molecule has 7 nitrogen and oxygen atoms in total. The van der Waals surface area contributed by atoms with E-state index < -0.39 is 16.4 Å². The summed E-state index contributed by atoms with van der Waals surface area (Å²) in [5.74, 6) is -0.590. The second-order valence-electron chi connectivity index (χ2n) is 8.70. The first-order valence-electron chi connectivity index (χ1n) is 10.1. The number of hydrogen-bond donors (Lipinski definition) is 0. The highest BCUT2D eigenvalue weighted by Gasteiger charge is 2.33. The van der Waals surface area contributed by atoms with Crippen molar-refractivity contribution in [2.45, 2.75) is 46.6 Å². The van der Waals surface area contributed by atoms with Crippen molar-refractivity contribution in [3.05, 3.63) is 68.2 Å². The Morgan fingerprint density at radius 1 is 1.19 bits per heavy atom. The molecule has 0 aromatic heterocycles. The molecule has 1 unspecified atom stereocenters. The Morgan fingerprint density at radius 2 is 1.90 bits per heavy atom. The van der Waals surface area contributed by atoms with Gasteiger partial charge in [0.15, 0.2) is 0 Å². The lowest BCUT2D eigenvalue weighted by molar-refractivity contribution is -0.384. The molecule has 1 amide bonds. The highest BCUT2D eigenvalue weighted by atomic mass is 35.5. The van der Waals surface area contributed by atoms with Crippen molar-refractivity contribution < 1.29 is 19.2 Å². The summed E-state index contributed by atoms with van der Waals surface area (Å²) in [7, 11) is 0. The molecule has 1 atom stereocenters. The molecule has 164 valence electrons. The maximum atomic E-state index is 13.4. The topological polar surface area (TPSA) is 89.8 Å². The summed E-state index contributed by atoms with van der Waals surface area (Å²) in [4.78, 5) is 38.1. The van der Waals surface area contributed by atoms with E-state index in [2.05, 4.69) is 0 Å². The van der Waals surface area contributed by atoms with Gasteiger partial charge in [0.05, 0.1) is 16.0 Å². The summed E-state index contributed by atoms with van der Waals surface area (Å²) in [6, 6.07) is 9.37. The second kappa shape index (κ2) is 8.67. The van der Waals surface area contributed by atoms with Gasteiger partial charge in [-0.2, -0.15) is 0 Å². The molecule has 0 N–H and O–H groups in total. The number of nitro groups is 1. The van der Waals surface area contributed by atoms with E-state index in [0.717, 1.165) is 0 Å². The molecular formula is C23H25ClN2O5. The third kappa shape index (κ3) is 4.88. The molecule has 1 aliphatic heterocycles. The average molecular weight is 445 g/mol. The van der Waals surface area contributed by atoms with E-state index in [0.29, 0.717) is 46.8 Å². The quantitative estimate of drug-likeness (QED) is 0.347. The monoisotopic (exact) mass is 444 g/mol. The second-order valence-corrected chi connectivity index (χ2v) is 9.14. The van der Waals surface area contributed by atoms with Crippen LogP contribution in [0.1, 0.15) is 61.2 Å². The van der Waals surface area contributed by atoms with Crippen molar-refractivity contribution in [1.82, 2.24) is 0 Å². The Morgan fingerprint density at radius 3 is 2.52 bits per heavy atom. The van der Waals surface area contributed by atoms with Crippen molar-refractivity contribution >= 4 is 34.9 Å². The van der Waals surface area contributed by atoms with Crippen LogP contribution >= 0.6 is 11.6 Å². The Bertz CT molecular complexity index is 1040. The number of carbonyl (C=O) groups excluding carboxylic acids is 2. The fraction of sp³-hybridized carbons (Fsp3) is 0.391. The van der Waals surface area contributed by atoms with Gasteiger partial charge in [-0.05, 0) is 70.4 Å². The smallest absolute Gasteiger partial charge is 0.311 e. The Labute approximate surface area is 186 Å². The maximum absolute atomic E-state index is 13.4. The molecule has 0 radical (unpaired) electrons. The number of anilines is 1. The van der Waals surface area contributed by atoms with Gasteiger partial charge in [-0.25, -0.2) is 0 Å². The molecule has 0 saturated carbocycles. The van der Waals surface area contributed by atoms with Crippen LogP contribution in [0.15, 0.2) is 36.4 Å². The third-order valence-corrected chi connectivity index (χ3v) is 5.47. The zero-order chi connectivity index (χ0) is 22.9. The van der Waals surface area contributed by atoms with Crippen LogP contribution in [-0.4, -0.2) is 23.3 Å². The number of nitrogens with zero attached hydrogens (tertiary/aromatic N) is 2. The van der Waals surface area contributed by atoms with Gasteiger partial charge in [0, 0.05) is 34.8 Å². The number of hydrogen-bond acceptors (Lipinski definition) is 5. The number of halogens is 1. The fourth-order valence-electron chi connectivity index (χ4n) is 3.53.